The Morgan fingerprint density at radius 3 is 2.78 bits per heavy atom. The molecule has 92 valence electrons. The van der Waals surface area contributed by atoms with E-state index < -0.39 is 11.7 Å². The molecular formula is C12H7Cl2FN2O. The maximum atomic E-state index is 13.6. The van der Waals surface area contributed by atoms with Gasteiger partial charge in [0, 0.05) is 11.2 Å². The number of carbonyl (C=O) groups is 1. The van der Waals surface area contributed by atoms with Crippen LogP contribution in [0.3, 0.4) is 0 Å². The summed E-state index contributed by atoms with van der Waals surface area (Å²) in [6, 6.07) is 7.22. The fourth-order valence-corrected chi connectivity index (χ4v) is 1.67. The Bertz CT molecular complexity index is 604. The average molecular weight is 285 g/mol. The molecule has 2 rings (SSSR count). The molecule has 0 unspecified atom stereocenters. The SMILES string of the molecule is O=C(Nc1cc(Cl)ccn1)c1cccc(Cl)c1F. The first-order valence-corrected chi connectivity index (χ1v) is 5.70. The van der Waals surface area contributed by atoms with Gasteiger partial charge in [-0.2, -0.15) is 0 Å². The molecule has 0 aliphatic rings. The Labute approximate surface area is 113 Å². The third kappa shape index (κ3) is 2.78. The molecule has 0 spiro atoms. The number of benzene rings is 1. The van der Waals surface area contributed by atoms with Crippen molar-refractivity contribution in [2.45, 2.75) is 0 Å². The summed E-state index contributed by atoms with van der Waals surface area (Å²) in [5.41, 5.74) is -0.149. The maximum Gasteiger partial charge on any atom is 0.259 e. The highest BCUT2D eigenvalue weighted by atomic mass is 35.5. The molecule has 0 radical (unpaired) electrons. The maximum absolute atomic E-state index is 13.6. The number of nitrogens with zero attached hydrogens (tertiary/aromatic N) is 1. The second kappa shape index (κ2) is 5.33. The van der Waals surface area contributed by atoms with Gasteiger partial charge in [0.05, 0.1) is 10.6 Å². The third-order valence-electron chi connectivity index (χ3n) is 2.16. The van der Waals surface area contributed by atoms with Gasteiger partial charge in [0.2, 0.25) is 0 Å². The molecule has 18 heavy (non-hydrogen) atoms. The van der Waals surface area contributed by atoms with E-state index in [9.17, 15) is 9.18 Å². The van der Waals surface area contributed by atoms with Crippen molar-refractivity contribution in [2.24, 2.45) is 0 Å². The van der Waals surface area contributed by atoms with Crippen molar-refractivity contribution < 1.29 is 9.18 Å². The summed E-state index contributed by atoms with van der Waals surface area (Å²) < 4.78 is 13.6. The fourth-order valence-electron chi connectivity index (χ4n) is 1.34. The lowest BCUT2D eigenvalue weighted by Gasteiger charge is -2.06. The second-order valence-electron chi connectivity index (χ2n) is 3.41. The van der Waals surface area contributed by atoms with Crippen LogP contribution in [0, 0.1) is 5.82 Å². The highest BCUT2D eigenvalue weighted by molar-refractivity contribution is 6.31. The predicted octanol–water partition coefficient (Wildman–Crippen LogP) is 3.78. The molecule has 0 aliphatic carbocycles. The molecule has 1 aromatic carbocycles. The Morgan fingerprint density at radius 2 is 2.06 bits per heavy atom. The number of nitrogens with one attached hydrogen (secondary N) is 1. The van der Waals surface area contributed by atoms with Gasteiger partial charge in [0.1, 0.15) is 5.82 Å². The summed E-state index contributed by atoms with van der Waals surface area (Å²) in [6.45, 7) is 0. The minimum atomic E-state index is -0.765. The van der Waals surface area contributed by atoms with Gasteiger partial charge in [-0.1, -0.05) is 29.3 Å². The number of amides is 1. The molecule has 0 saturated heterocycles. The largest absolute Gasteiger partial charge is 0.306 e. The van der Waals surface area contributed by atoms with Crippen LogP contribution in [0.4, 0.5) is 10.2 Å². The van der Waals surface area contributed by atoms with Gasteiger partial charge in [-0.05, 0) is 24.3 Å². The molecule has 6 heteroatoms. The molecule has 3 nitrogen and oxygen atoms in total. The van der Waals surface area contributed by atoms with Crippen molar-refractivity contribution in [1.82, 2.24) is 4.98 Å². The summed E-state index contributed by atoms with van der Waals surface area (Å²) >= 11 is 11.3. The van der Waals surface area contributed by atoms with E-state index >= 15 is 0 Å². The van der Waals surface area contributed by atoms with E-state index in [4.69, 9.17) is 23.2 Å². The van der Waals surface area contributed by atoms with Crippen LogP contribution in [0.15, 0.2) is 36.5 Å². The number of aromatic nitrogens is 1. The van der Waals surface area contributed by atoms with Crippen molar-refractivity contribution in [3.05, 3.63) is 58.0 Å². The minimum Gasteiger partial charge on any atom is -0.306 e. The van der Waals surface area contributed by atoms with Gasteiger partial charge in [0.25, 0.3) is 5.91 Å². The van der Waals surface area contributed by atoms with Crippen LogP contribution in [-0.4, -0.2) is 10.9 Å². The summed E-state index contributed by atoms with van der Waals surface area (Å²) in [4.78, 5) is 15.7. The smallest absolute Gasteiger partial charge is 0.259 e. The molecule has 2 aromatic rings. The first-order chi connectivity index (χ1) is 8.58. The molecule has 0 saturated carbocycles. The molecule has 0 atom stereocenters. The van der Waals surface area contributed by atoms with Crippen LogP contribution >= 0.6 is 23.2 Å². The van der Waals surface area contributed by atoms with Crippen LogP contribution in [-0.2, 0) is 0 Å². The Morgan fingerprint density at radius 1 is 1.28 bits per heavy atom. The molecule has 1 amide bonds. The first kappa shape index (κ1) is 12.8. The third-order valence-corrected chi connectivity index (χ3v) is 2.69. The van der Waals surface area contributed by atoms with E-state index in [1.54, 1.807) is 6.07 Å². The highest BCUT2D eigenvalue weighted by Gasteiger charge is 2.14. The summed E-state index contributed by atoms with van der Waals surface area (Å²) in [6.07, 6.45) is 1.44. The number of anilines is 1. The second-order valence-corrected chi connectivity index (χ2v) is 4.26. The zero-order chi connectivity index (χ0) is 13.1. The normalized spacial score (nSPS) is 10.2. The van der Waals surface area contributed by atoms with E-state index in [-0.39, 0.29) is 16.4 Å². The number of hydrogen-bond acceptors (Lipinski definition) is 2. The van der Waals surface area contributed by atoms with Crippen LogP contribution in [0.5, 0.6) is 0 Å². The highest BCUT2D eigenvalue weighted by Crippen LogP contribution is 2.19. The lowest BCUT2D eigenvalue weighted by molar-refractivity contribution is 0.102. The van der Waals surface area contributed by atoms with Crippen molar-refractivity contribution >= 4 is 34.9 Å². The number of hydrogen-bond donors (Lipinski definition) is 1. The fraction of sp³-hybridized carbons (Fsp3) is 0. The van der Waals surface area contributed by atoms with Gasteiger partial charge in [0.15, 0.2) is 5.82 Å². The van der Waals surface area contributed by atoms with Crippen molar-refractivity contribution in [1.29, 1.82) is 0 Å². The van der Waals surface area contributed by atoms with Gasteiger partial charge >= 0.3 is 0 Å². The van der Waals surface area contributed by atoms with Crippen LogP contribution in [0.25, 0.3) is 0 Å². The molecule has 0 fully saturated rings. The Kier molecular flexibility index (Phi) is 3.79. The summed E-state index contributed by atoms with van der Waals surface area (Å²) in [5.74, 6) is -1.16. The lowest BCUT2D eigenvalue weighted by Crippen LogP contribution is -2.14. The number of pyridine rings is 1. The van der Waals surface area contributed by atoms with Gasteiger partial charge < -0.3 is 5.32 Å². The summed E-state index contributed by atoms with van der Waals surface area (Å²) in [7, 11) is 0. The minimum absolute atomic E-state index is 0.110. The van der Waals surface area contributed by atoms with E-state index in [2.05, 4.69) is 10.3 Å². The van der Waals surface area contributed by atoms with Crippen LogP contribution in [0.2, 0.25) is 10.0 Å². The predicted molar refractivity (Wildman–Crippen MR) is 68.6 cm³/mol. The monoisotopic (exact) mass is 284 g/mol. The zero-order valence-corrected chi connectivity index (χ0v) is 10.5. The average Bonchev–Trinajstić information content (AvgIpc) is 2.32. The summed E-state index contributed by atoms with van der Waals surface area (Å²) in [5, 5.41) is 2.75. The zero-order valence-electron chi connectivity index (χ0n) is 8.95. The van der Waals surface area contributed by atoms with Crippen LogP contribution in [0.1, 0.15) is 10.4 Å². The molecular weight excluding hydrogens is 278 g/mol. The molecule has 1 N–H and O–H groups in total. The first-order valence-electron chi connectivity index (χ1n) is 4.95. The van der Waals surface area contributed by atoms with Crippen molar-refractivity contribution in [2.75, 3.05) is 5.32 Å². The van der Waals surface area contributed by atoms with Gasteiger partial charge in [-0.15, -0.1) is 0 Å². The Balaban J connectivity index is 2.25. The number of halogens is 3. The molecule has 1 aromatic heterocycles. The molecule has 0 bridgehead atoms. The van der Waals surface area contributed by atoms with E-state index in [1.165, 1.54) is 30.5 Å². The Hall–Kier alpha value is -1.65. The quantitative estimate of drug-likeness (QED) is 0.912. The van der Waals surface area contributed by atoms with Gasteiger partial charge in [-0.25, -0.2) is 9.37 Å². The number of carbonyl (C=O) groups excluding carboxylic acids is 1. The van der Waals surface area contributed by atoms with Crippen molar-refractivity contribution in [3.8, 4) is 0 Å². The number of rotatable bonds is 2. The van der Waals surface area contributed by atoms with Crippen LogP contribution < -0.4 is 5.32 Å². The molecule has 0 aliphatic heterocycles. The standard InChI is InChI=1S/C12H7Cl2FN2O/c13-7-4-5-16-10(6-7)17-12(18)8-2-1-3-9(14)11(8)15/h1-6H,(H,16,17,18). The van der Waals surface area contributed by atoms with Crippen molar-refractivity contribution in [3.63, 3.8) is 0 Å². The van der Waals surface area contributed by atoms with Gasteiger partial charge in [-0.3, -0.25) is 4.79 Å². The van der Waals surface area contributed by atoms with E-state index in [0.29, 0.717) is 5.02 Å². The topological polar surface area (TPSA) is 42.0 Å². The lowest BCUT2D eigenvalue weighted by atomic mass is 10.2. The van der Waals surface area contributed by atoms with E-state index in [1.807, 2.05) is 0 Å². The molecule has 1 heterocycles. The van der Waals surface area contributed by atoms with E-state index in [0.717, 1.165) is 0 Å².